The number of aromatic hydroxyl groups is 1. The first-order valence-electron chi connectivity index (χ1n) is 5.12. The molecule has 0 aliphatic carbocycles. The summed E-state index contributed by atoms with van der Waals surface area (Å²) >= 11 is 0. The summed E-state index contributed by atoms with van der Waals surface area (Å²) in [5, 5.41) is 12.4. The van der Waals surface area contributed by atoms with E-state index in [0.717, 1.165) is 16.9 Å². The number of rotatable bonds is 3. The fourth-order valence-electron chi connectivity index (χ4n) is 1.47. The highest BCUT2D eigenvalue weighted by Gasteiger charge is 1.97. The average Bonchev–Trinajstić information content (AvgIpc) is 2.30. The standard InChI is InChI=1S/C13H14N2O/c14-12-3-1-2-4-13(12)15-9-10-5-7-11(16)8-6-10/h1-8,15-16H,9,14H2. The molecule has 0 atom stereocenters. The maximum absolute atomic E-state index is 9.15. The van der Waals surface area contributed by atoms with Gasteiger partial charge in [0.2, 0.25) is 0 Å². The van der Waals surface area contributed by atoms with E-state index < -0.39 is 0 Å². The smallest absolute Gasteiger partial charge is 0.115 e. The summed E-state index contributed by atoms with van der Waals surface area (Å²) in [6.45, 7) is 0.689. The molecule has 0 aliphatic heterocycles. The van der Waals surface area contributed by atoms with Crippen molar-refractivity contribution in [2.75, 3.05) is 11.1 Å². The molecule has 0 aromatic heterocycles. The molecule has 0 saturated heterocycles. The number of para-hydroxylation sites is 2. The van der Waals surface area contributed by atoms with Crippen molar-refractivity contribution in [2.45, 2.75) is 6.54 Å². The van der Waals surface area contributed by atoms with Crippen LogP contribution in [0.2, 0.25) is 0 Å². The molecule has 2 rings (SSSR count). The van der Waals surface area contributed by atoms with Crippen LogP contribution in [-0.4, -0.2) is 5.11 Å². The molecule has 0 aliphatic rings. The topological polar surface area (TPSA) is 58.3 Å². The average molecular weight is 214 g/mol. The number of phenols is 1. The molecule has 3 nitrogen and oxygen atoms in total. The Balaban J connectivity index is 2.02. The predicted octanol–water partition coefficient (Wildman–Crippen LogP) is 2.59. The second-order valence-electron chi connectivity index (χ2n) is 3.61. The highest BCUT2D eigenvalue weighted by Crippen LogP contribution is 2.18. The fourth-order valence-corrected chi connectivity index (χ4v) is 1.47. The Morgan fingerprint density at radius 2 is 1.69 bits per heavy atom. The van der Waals surface area contributed by atoms with Gasteiger partial charge in [0.05, 0.1) is 11.4 Å². The van der Waals surface area contributed by atoms with Gasteiger partial charge in [0.25, 0.3) is 0 Å². The molecule has 0 saturated carbocycles. The molecular weight excluding hydrogens is 200 g/mol. The molecule has 82 valence electrons. The Labute approximate surface area is 94.5 Å². The largest absolute Gasteiger partial charge is 0.508 e. The summed E-state index contributed by atoms with van der Waals surface area (Å²) in [4.78, 5) is 0. The van der Waals surface area contributed by atoms with E-state index in [4.69, 9.17) is 10.8 Å². The van der Waals surface area contributed by atoms with E-state index in [1.807, 2.05) is 36.4 Å². The SMILES string of the molecule is Nc1ccccc1NCc1ccc(O)cc1. The van der Waals surface area contributed by atoms with Crippen molar-refractivity contribution >= 4 is 11.4 Å². The zero-order valence-electron chi connectivity index (χ0n) is 8.85. The maximum atomic E-state index is 9.15. The van der Waals surface area contributed by atoms with Gasteiger partial charge in [-0.1, -0.05) is 24.3 Å². The summed E-state index contributed by atoms with van der Waals surface area (Å²) in [6, 6.07) is 14.7. The lowest BCUT2D eigenvalue weighted by Gasteiger charge is -2.08. The highest BCUT2D eigenvalue weighted by atomic mass is 16.3. The molecular formula is C13H14N2O. The Hall–Kier alpha value is -2.16. The van der Waals surface area contributed by atoms with Crippen LogP contribution in [0.4, 0.5) is 11.4 Å². The second-order valence-corrected chi connectivity index (χ2v) is 3.61. The molecule has 3 heteroatoms. The van der Waals surface area contributed by atoms with Crippen LogP contribution < -0.4 is 11.1 Å². The van der Waals surface area contributed by atoms with Gasteiger partial charge in [0, 0.05) is 6.54 Å². The Morgan fingerprint density at radius 1 is 1.00 bits per heavy atom. The van der Waals surface area contributed by atoms with Crippen molar-refractivity contribution in [1.29, 1.82) is 0 Å². The van der Waals surface area contributed by atoms with E-state index in [-0.39, 0.29) is 5.75 Å². The number of hydrogen-bond acceptors (Lipinski definition) is 3. The summed E-state index contributed by atoms with van der Waals surface area (Å²) in [5.74, 6) is 0.281. The van der Waals surface area contributed by atoms with Gasteiger partial charge in [-0.3, -0.25) is 0 Å². The van der Waals surface area contributed by atoms with Gasteiger partial charge in [-0.15, -0.1) is 0 Å². The number of benzene rings is 2. The number of anilines is 2. The van der Waals surface area contributed by atoms with Crippen molar-refractivity contribution in [3.05, 3.63) is 54.1 Å². The molecule has 0 bridgehead atoms. The normalized spacial score (nSPS) is 10.0. The van der Waals surface area contributed by atoms with Gasteiger partial charge in [-0.2, -0.15) is 0 Å². The molecule has 4 N–H and O–H groups in total. The minimum atomic E-state index is 0.281. The van der Waals surface area contributed by atoms with E-state index in [1.165, 1.54) is 0 Å². The summed E-state index contributed by atoms with van der Waals surface area (Å²) in [6.07, 6.45) is 0. The Morgan fingerprint density at radius 3 is 2.38 bits per heavy atom. The van der Waals surface area contributed by atoms with Crippen LogP contribution in [0.15, 0.2) is 48.5 Å². The first kappa shape index (κ1) is 10.4. The van der Waals surface area contributed by atoms with E-state index in [2.05, 4.69) is 5.32 Å². The van der Waals surface area contributed by atoms with Crippen LogP contribution in [-0.2, 0) is 6.54 Å². The number of nitrogens with one attached hydrogen (secondary N) is 1. The molecule has 2 aromatic carbocycles. The Bertz CT molecular complexity index is 466. The third-order valence-corrected chi connectivity index (χ3v) is 2.38. The molecule has 0 heterocycles. The van der Waals surface area contributed by atoms with E-state index >= 15 is 0 Å². The van der Waals surface area contributed by atoms with Crippen LogP contribution >= 0.6 is 0 Å². The van der Waals surface area contributed by atoms with E-state index in [0.29, 0.717) is 6.54 Å². The van der Waals surface area contributed by atoms with Crippen LogP contribution in [0, 0.1) is 0 Å². The number of hydrogen-bond donors (Lipinski definition) is 3. The van der Waals surface area contributed by atoms with Gasteiger partial charge in [-0.25, -0.2) is 0 Å². The predicted molar refractivity (Wildman–Crippen MR) is 66.3 cm³/mol. The van der Waals surface area contributed by atoms with E-state index in [9.17, 15) is 0 Å². The number of nitrogens with two attached hydrogens (primary N) is 1. The first-order valence-corrected chi connectivity index (χ1v) is 5.12. The van der Waals surface area contributed by atoms with Gasteiger partial charge in [-0.05, 0) is 29.8 Å². The number of nitrogen functional groups attached to an aromatic ring is 1. The number of phenolic OH excluding ortho intramolecular Hbond substituents is 1. The quantitative estimate of drug-likeness (QED) is 0.688. The van der Waals surface area contributed by atoms with Crippen LogP contribution in [0.5, 0.6) is 5.75 Å². The van der Waals surface area contributed by atoms with Crippen molar-refractivity contribution in [3.63, 3.8) is 0 Å². The summed E-state index contributed by atoms with van der Waals surface area (Å²) in [5.41, 5.74) is 8.57. The summed E-state index contributed by atoms with van der Waals surface area (Å²) in [7, 11) is 0. The van der Waals surface area contributed by atoms with Gasteiger partial charge in [0.1, 0.15) is 5.75 Å². The lowest BCUT2D eigenvalue weighted by molar-refractivity contribution is 0.475. The van der Waals surface area contributed by atoms with Crippen LogP contribution in [0.25, 0.3) is 0 Å². The molecule has 0 amide bonds. The maximum Gasteiger partial charge on any atom is 0.115 e. The minimum Gasteiger partial charge on any atom is -0.508 e. The van der Waals surface area contributed by atoms with Crippen molar-refractivity contribution in [3.8, 4) is 5.75 Å². The molecule has 2 aromatic rings. The van der Waals surface area contributed by atoms with Gasteiger partial charge < -0.3 is 16.2 Å². The van der Waals surface area contributed by atoms with Crippen molar-refractivity contribution in [1.82, 2.24) is 0 Å². The van der Waals surface area contributed by atoms with Crippen LogP contribution in [0.3, 0.4) is 0 Å². The molecule has 0 radical (unpaired) electrons. The monoisotopic (exact) mass is 214 g/mol. The third kappa shape index (κ3) is 2.45. The van der Waals surface area contributed by atoms with Crippen molar-refractivity contribution < 1.29 is 5.11 Å². The zero-order valence-corrected chi connectivity index (χ0v) is 8.85. The molecule has 0 unspecified atom stereocenters. The lowest BCUT2D eigenvalue weighted by atomic mass is 10.2. The lowest BCUT2D eigenvalue weighted by Crippen LogP contribution is -2.01. The first-order chi connectivity index (χ1) is 7.75. The highest BCUT2D eigenvalue weighted by molar-refractivity contribution is 5.65. The molecule has 16 heavy (non-hydrogen) atoms. The molecule has 0 fully saturated rings. The molecule has 0 spiro atoms. The third-order valence-electron chi connectivity index (χ3n) is 2.38. The van der Waals surface area contributed by atoms with Crippen molar-refractivity contribution in [2.24, 2.45) is 0 Å². The van der Waals surface area contributed by atoms with Gasteiger partial charge in [0.15, 0.2) is 0 Å². The Kier molecular flexibility index (Phi) is 2.96. The summed E-state index contributed by atoms with van der Waals surface area (Å²) < 4.78 is 0. The van der Waals surface area contributed by atoms with E-state index in [1.54, 1.807) is 12.1 Å². The zero-order chi connectivity index (χ0) is 11.4. The minimum absolute atomic E-state index is 0.281. The van der Waals surface area contributed by atoms with Gasteiger partial charge >= 0.3 is 0 Å². The fraction of sp³-hybridized carbons (Fsp3) is 0.0769. The second kappa shape index (κ2) is 4.57. The van der Waals surface area contributed by atoms with Crippen LogP contribution in [0.1, 0.15) is 5.56 Å².